The Labute approximate surface area is 132 Å². The number of aryl methyl sites for hydroxylation is 1. The van der Waals surface area contributed by atoms with Gasteiger partial charge in [0.05, 0.1) is 10.7 Å². The number of nitrogens with one attached hydrogen (secondary N) is 1. The summed E-state index contributed by atoms with van der Waals surface area (Å²) < 4.78 is 0. The van der Waals surface area contributed by atoms with Crippen molar-refractivity contribution in [1.82, 2.24) is 0 Å². The maximum Gasteiger partial charge on any atom is 0.0637 e. The van der Waals surface area contributed by atoms with E-state index in [-0.39, 0.29) is 0 Å². The van der Waals surface area contributed by atoms with Crippen LogP contribution in [-0.2, 0) is 0 Å². The molecule has 0 spiro atoms. The summed E-state index contributed by atoms with van der Waals surface area (Å²) >= 11 is 6.35. The molecule has 0 aliphatic heterocycles. The Morgan fingerprint density at radius 2 is 1.76 bits per heavy atom. The van der Waals surface area contributed by atoms with Gasteiger partial charge in [0.2, 0.25) is 0 Å². The van der Waals surface area contributed by atoms with Crippen LogP contribution in [0.25, 0.3) is 0 Å². The van der Waals surface area contributed by atoms with E-state index in [1.54, 1.807) is 0 Å². The van der Waals surface area contributed by atoms with Gasteiger partial charge in [0.15, 0.2) is 0 Å². The van der Waals surface area contributed by atoms with Gasteiger partial charge in [0, 0.05) is 12.0 Å². The fraction of sp³-hybridized carbons (Fsp3) is 0.368. The van der Waals surface area contributed by atoms with Crippen molar-refractivity contribution in [3.63, 3.8) is 0 Å². The molecule has 0 amide bonds. The van der Waals surface area contributed by atoms with Crippen molar-refractivity contribution in [1.29, 1.82) is 0 Å². The molecule has 1 aliphatic rings. The average Bonchev–Trinajstić information content (AvgIpc) is 2.52. The summed E-state index contributed by atoms with van der Waals surface area (Å²) in [5, 5.41) is 4.52. The number of hydrogen-bond donors (Lipinski definition) is 1. The van der Waals surface area contributed by atoms with Crippen LogP contribution in [0.2, 0.25) is 5.02 Å². The van der Waals surface area contributed by atoms with Gasteiger partial charge in [0.25, 0.3) is 0 Å². The van der Waals surface area contributed by atoms with Crippen LogP contribution in [0.5, 0.6) is 0 Å². The van der Waals surface area contributed by atoms with Gasteiger partial charge in [-0.15, -0.1) is 0 Å². The Balaban J connectivity index is 1.83. The lowest BCUT2D eigenvalue weighted by molar-refractivity contribution is 0.405. The Hall–Kier alpha value is -1.47. The summed E-state index contributed by atoms with van der Waals surface area (Å²) in [6.45, 7) is 2.11. The van der Waals surface area contributed by atoms with Crippen LogP contribution >= 0.6 is 11.6 Å². The van der Waals surface area contributed by atoms with E-state index in [0.717, 1.165) is 10.7 Å². The molecule has 1 N–H and O–H groups in total. The van der Waals surface area contributed by atoms with Crippen LogP contribution in [-0.4, -0.2) is 6.04 Å². The van der Waals surface area contributed by atoms with Gasteiger partial charge >= 0.3 is 0 Å². The lowest BCUT2D eigenvalue weighted by Crippen LogP contribution is -2.30. The highest BCUT2D eigenvalue weighted by Gasteiger charge is 2.26. The van der Waals surface area contributed by atoms with Crippen LogP contribution in [0, 0.1) is 6.92 Å². The molecule has 21 heavy (non-hydrogen) atoms. The number of benzene rings is 2. The Morgan fingerprint density at radius 3 is 2.57 bits per heavy atom. The van der Waals surface area contributed by atoms with Gasteiger partial charge in [-0.25, -0.2) is 0 Å². The van der Waals surface area contributed by atoms with Crippen molar-refractivity contribution in [2.75, 3.05) is 5.32 Å². The van der Waals surface area contributed by atoms with Crippen molar-refractivity contribution in [2.24, 2.45) is 0 Å². The van der Waals surface area contributed by atoms with Crippen LogP contribution in [0.3, 0.4) is 0 Å². The Bertz CT molecular complexity index is 594. The van der Waals surface area contributed by atoms with Crippen molar-refractivity contribution in [3.05, 3.63) is 64.7 Å². The second kappa shape index (κ2) is 6.53. The summed E-state index contributed by atoms with van der Waals surface area (Å²) in [5.74, 6) is 0.580. The molecule has 110 valence electrons. The van der Waals surface area contributed by atoms with Crippen molar-refractivity contribution in [3.8, 4) is 0 Å². The Morgan fingerprint density at radius 1 is 1.00 bits per heavy atom. The molecule has 0 heterocycles. The number of hydrogen-bond acceptors (Lipinski definition) is 1. The Kier molecular flexibility index (Phi) is 4.50. The van der Waals surface area contributed by atoms with Crippen molar-refractivity contribution < 1.29 is 0 Å². The first kappa shape index (κ1) is 14.5. The number of rotatable bonds is 3. The average molecular weight is 300 g/mol. The number of anilines is 1. The normalized spacial score (nSPS) is 22.0. The molecule has 1 saturated carbocycles. The monoisotopic (exact) mass is 299 g/mol. The second-order valence-corrected chi connectivity index (χ2v) is 6.44. The highest BCUT2D eigenvalue weighted by atomic mass is 35.5. The molecule has 1 aliphatic carbocycles. The summed E-state index contributed by atoms with van der Waals surface area (Å²) in [6.07, 6.45) is 5.08. The highest BCUT2D eigenvalue weighted by Crippen LogP contribution is 2.36. The lowest BCUT2D eigenvalue weighted by atomic mass is 9.80. The van der Waals surface area contributed by atoms with Crippen LogP contribution in [0.1, 0.15) is 42.7 Å². The van der Waals surface area contributed by atoms with Gasteiger partial charge in [-0.1, -0.05) is 60.8 Å². The van der Waals surface area contributed by atoms with Gasteiger partial charge < -0.3 is 5.32 Å². The molecule has 1 nitrogen and oxygen atoms in total. The topological polar surface area (TPSA) is 12.0 Å². The fourth-order valence-electron chi connectivity index (χ4n) is 3.35. The van der Waals surface area contributed by atoms with Gasteiger partial charge in [-0.3, -0.25) is 0 Å². The van der Waals surface area contributed by atoms with Gasteiger partial charge in [0.1, 0.15) is 0 Å². The zero-order valence-corrected chi connectivity index (χ0v) is 13.2. The van der Waals surface area contributed by atoms with E-state index in [1.807, 2.05) is 6.07 Å². The van der Waals surface area contributed by atoms with E-state index < -0.39 is 0 Å². The zero-order valence-electron chi connectivity index (χ0n) is 12.5. The molecule has 2 aromatic rings. The highest BCUT2D eigenvalue weighted by molar-refractivity contribution is 6.33. The van der Waals surface area contributed by atoms with Crippen molar-refractivity contribution in [2.45, 2.75) is 44.6 Å². The molecule has 0 radical (unpaired) electrons. The molecule has 2 atom stereocenters. The molecule has 1 fully saturated rings. The minimum Gasteiger partial charge on any atom is -0.380 e. The standard InChI is InChI=1S/C19H22ClN/c1-14-11-12-17(20)19(13-14)21-18-10-6-5-9-16(18)15-7-3-2-4-8-15/h2-4,7-8,11-13,16,18,21H,5-6,9-10H2,1H3. The van der Waals surface area contributed by atoms with Gasteiger partial charge in [-0.2, -0.15) is 0 Å². The van der Waals surface area contributed by atoms with E-state index in [4.69, 9.17) is 11.6 Å². The van der Waals surface area contributed by atoms with E-state index in [2.05, 4.69) is 54.7 Å². The first-order chi connectivity index (χ1) is 10.2. The molecule has 2 heteroatoms. The van der Waals surface area contributed by atoms with E-state index in [1.165, 1.54) is 36.8 Å². The molecular formula is C19H22ClN. The SMILES string of the molecule is Cc1ccc(Cl)c(NC2CCCCC2c2ccccc2)c1. The quantitative estimate of drug-likeness (QED) is 0.756. The molecule has 2 aromatic carbocycles. The first-order valence-electron chi connectivity index (χ1n) is 7.81. The fourth-order valence-corrected chi connectivity index (χ4v) is 3.52. The summed E-state index contributed by atoms with van der Waals surface area (Å²) in [4.78, 5) is 0. The molecule has 0 aromatic heterocycles. The maximum absolute atomic E-state index is 6.35. The van der Waals surface area contributed by atoms with E-state index >= 15 is 0 Å². The van der Waals surface area contributed by atoms with Crippen LogP contribution in [0.4, 0.5) is 5.69 Å². The minimum atomic E-state index is 0.473. The van der Waals surface area contributed by atoms with Gasteiger partial charge in [-0.05, 0) is 43.0 Å². The van der Waals surface area contributed by atoms with Crippen molar-refractivity contribution >= 4 is 17.3 Å². The third-order valence-corrected chi connectivity index (χ3v) is 4.79. The summed E-state index contributed by atoms with van der Waals surface area (Å²) in [5.41, 5.74) is 3.76. The largest absolute Gasteiger partial charge is 0.380 e. The molecule has 2 unspecified atom stereocenters. The zero-order chi connectivity index (χ0) is 14.7. The first-order valence-corrected chi connectivity index (χ1v) is 8.19. The van der Waals surface area contributed by atoms with E-state index in [0.29, 0.717) is 12.0 Å². The second-order valence-electron chi connectivity index (χ2n) is 6.04. The third-order valence-electron chi connectivity index (χ3n) is 4.46. The predicted octanol–water partition coefficient (Wildman–Crippen LogP) is 5.79. The summed E-state index contributed by atoms with van der Waals surface area (Å²) in [6, 6.07) is 17.5. The van der Waals surface area contributed by atoms with Crippen LogP contribution < -0.4 is 5.32 Å². The van der Waals surface area contributed by atoms with Crippen LogP contribution in [0.15, 0.2) is 48.5 Å². The lowest BCUT2D eigenvalue weighted by Gasteiger charge is -2.33. The number of halogens is 1. The predicted molar refractivity (Wildman–Crippen MR) is 91.3 cm³/mol. The minimum absolute atomic E-state index is 0.473. The third kappa shape index (κ3) is 3.41. The molecule has 0 saturated heterocycles. The molecule has 0 bridgehead atoms. The van der Waals surface area contributed by atoms with E-state index in [9.17, 15) is 0 Å². The smallest absolute Gasteiger partial charge is 0.0637 e. The molecular weight excluding hydrogens is 278 g/mol. The maximum atomic E-state index is 6.35. The summed E-state index contributed by atoms with van der Waals surface area (Å²) in [7, 11) is 0. The molecule has 3 rings (SSSR count).